The molecule has 0 aromatic heterocycles. The molecule has 0 N–H and O–H groups in total. The van der Waals surface area contributed by atoms with Gasteiger partial charge in [0.15, 0.2) is 5.62 Å². The minimum absolute atomic E-state index is 0.0699. The number of nitrogens with zero attached hydrogens (tertiary/aromatic N) is 1. The average Bonchev–Trinajstić information content (AvgIpc) is 2.04. The zero-order valence-corrected chi connectivity index (χ0v) is 9.72. The van der Waals surface area contributed by atoms with Gasteiger partial charge in [0.2, 0.25) is 0 Å². The van der Waals surface area contributed by atoms with Gasteiger partial charge in [-0.15, -0.1) is 6.42 Å². The highest BCUT2D eigenvalue weighted by Gasteiger charge is 2.29. The lowest BCUT2D eigenvalue weighted by molar-refractivity contribution is 0.269. The summed E-state index contributed by atoms with van der Waals surface area (Å²) in [4.78, 5) is 0. The van der Waals surface area contributed by atoms with E-state index in [0.29, 0.717) is 0 Å². The van der Waals surface area contributed by atoms with Gasteiger partial charge < -0.3 is 4.52 Å². The molecular weight excluding hydrogens is 209 g/mol. The number of hydrogen-bond acceptors (Lipinski definition) is 3. The Kier molecular flexibility index (Phi) is 3.63. The lowest BCUT2D eigenvalue weighted by atomic mass is 10.3. The topological polar surface area (TPSA) is 12.5 Å². The highest BCUT2D eigenvalue weighted by molar-refractivity contribution is 8.68. The van der Waals surface area contributed by atoms with Gasteiger partial charge in [0.25, 0.3) is 0 Å². The standard InChI is InChI=1S/C7H12NOPS2/c1-4-7-5-6-12-10(11,9-7)8(2)3/h1,7H,5-6H2,2-3H3. The van der Waals surface area contributed by atoms with Gasteiger partial charge in [0, 0.05) is 5.75 Å². The van der Waals surface area contributed by atoms with Crippen LogP contribution in [0.3, 0.4) is 0 Å². The Bertz CT molecular complexity index is 248. The summed E-state index contributed by atoms with van der Waals surface area (Å²) < 4.78 is 7.65. The monoisotopic (exact) mass is 221 g/mol. The largest absolute Gasteiger partial charge is 0.314 e. The molecule has 0 bridgehead atoms. The molecule has 0 saturated carbocycles. The van der Waals surface area contributed by atoms with Gasteiger partial charge in [-0.1, -0.05) is 17.3 Å². The molecule has 2 unspecified atom stereocenters. The van der Waals surface area contributed by atoms with Crippen LogP contribution in [0.4, 0.5) is 0 Å². The molecule has 0 spiro atoms. The van der Waals surface area contributed by atoms with Gasteiger partial charge in [-0.2, -0.15) is 0 Å². The molecule has 0 amide bonds. The maximum Gasteiger partial charge on any atom is 0.189 e. The van der Waals surface area contributed by atoms with Crippen LogP contribution in [0.1, 0.15) is 6.42 Å². The van der Waals surface area contributed by atoms with E-state index < -0.39 is 5.62 Å². The predicted molar refractivity (Wildman–Crippen MR) is 58.8 cm³/mol. The molecule has 1 aliphatic rings. The molecule has 2 nitrogen and oxygen atoms in total. The van der Waals surface area contributed by atoms with Crippen molar-refractivity contribution in [2.75, 3.05) is 19.8 Å². The first-order chi connectivity index (χ1) is 5.58. The Balaban J connectivity index is 2.69. The first kappa shape index (κ1) is 10.6. The molecule has 0 aromatic carbocycles. The summed E-state index contributed by atoms with van der Waals surface area (Å²) in [5.74, 6) is 3.63. The van der Waals surface area contributed by atoms with Crippen LogP contribution in [-0.2, 0) is 16.3 Å². The van der Waals surface area contributed by atoms with Crippen LogP contribution in [0.2, 0.25) is 0 Å². The fraction of sp³-hybridized carbons (Fsp3) is 0.714. The molecule has 0 radical (unpaired) electrons. The summed E-state index contributed by atoms with van der Waals surface area (Å²) >= 11 is 7.13. The van der Waals surface area contributed by atoms with Crippen LogP contribution in [0.5, 0.6) is 0 Å². The Morgan fingerprint density at radius 3 is 2.92 bits per heavy atom. The SMILES string of the molecule is C#CC1CCSP(=S)(N(C)C)O1. The summed E-state index contributed by atoms with van der Waals surface area (Å²) in [5, 5.41) is 0. The molecule has 1 aliphatic heterocycles. The van der Waals surface area contributed by atoms with Gasteiger partial charge in [-0.3, -0.25) is 4.67 Å². The van der Waals surface area contributed by atoms with Crippen molar-refractivity contribution < 1.29 is 4.52 Å². The zero-order chi connectivity index (χ0) is 9.19. The number of rotatable bonds is 1. The van der Waals surface area contributed by atoms with Crippen molar-refractivity contribution in [3.63, 3.8) is 0 Å². The third kappa shape index (κ3) is 2.25. The average molecular weight is 221 g/mol. The lowest BCUT2D eigenvalue weighted by Crippen LogP contribution is -2.20. The Morgan fingerprint density at radius 2 is 2.42 bits per heavy atom. The van der Waals surface area contributed by atoms with Crippen LogP contribution in [0.15, 0.2) is 0 Å². The summed E-state index contributed by atoms with van der Waals surface area (Å²) in [6, 6.07) is 0. The molecule has 2 atom stereocenters. The normalized spacial score (nSPS) is 36.3. The van der Waals surface area contributed by atoms with Gasteiger partial charge in [0.05, 0.1) is 0 Å². The molecule has 1 rings (SSSR count). The molecule has 0 aliphatic carbocycles. The fourth-order valence-electron chi connectivity index (χ4n) is 0.843. The second-order valence-electron chi connectivity index (χ2n) is 2.70. The third-order valence-electron chi connectivity index (χ3n) is 1.57. The quantitative estimate of drug-likeness (QED) is 0.495. The predicted octanol–water partition coefficient (Wildman–Crippen LogP) is 1.93. The number of hydrogen-bond donors (Lipinski definition) is 0. The van der Waals surface area contributed by atoms with E-state index in [9.17, 15) is 0 Å². The first-order valence-electron chi connectivity index (χ1n) is 3.65. The molecule has 68 valence electrons. The zero-order valence-electron chi connectivity index (χ0n) is 7.19. The smallest absolute Gasteiger partial charge is 0.189 e. The minimum Gasteiger partial charge on any atom is -0.314 e. The van der Waals surface area contributed by atoms with Crippen molar-refractivity contribution in [1.82, 2.24) is 4.67 Å². The maximum absolute atomic E-state index is 5.66. The van der Waals surface area contributed by atoms with Crippen molar-refractivity contribution in [2.45, 2.75) is 12.5 Å². The van der Waals surface area contributed by atoms with E-state index in [4.69, 9.17) is 22.8 Å². The van der Waals surface area contributed by atoms with E-state index >= 15 is 0 Å². The van der Waals surface area contributed by atoms with Crippen molar-refractivity contribution in [1.29, 1.82) is 0 Å². The van der Waals surface area contributed by atoms with Gasteiger partial charge in [0.1, 0.15) is 6.10 Å². The number of terminal acetylenes is 1. The summed E-state index contributed by atoms with van der Waals surface area (Å²) in [5.41, 5.74) is -1.82. The van der Waals surface area contributed by atoms with E-state index in [1.807, 2.05) is 18.8 Å². The fourth-order valence-corrected chi connectivity index (χ4v) is 5.54. The van der Waals surface area contributed by atoms with E-state index in [1.165, 1.54) is 0 Å². The van der Waals surface area contributed by atoms with E-state index in [-0.39, 0.29) is 6.10 Å². The Labute approximate surface area is 82.9 Å². The van der Waals surface area contributed by atoms with E-state index in [1.54, 1.807) is 11.4 Å². The molecule has 1 fully saturated rings. The van der Waals surface area contributed by atoms with Crippen molar-refractivity contribution >= 4 is 28.8 Å². The highest BCUT2D eigenvalue weighted by atomic mass is 32.9. The Hall–Kier alpha value is 0.480. The van der Waals surface area contributed by atoms with Crippen LogP contribution in [0.25, 0.3) is 0 Å². The van der Waals surface area contributed by atoms with Crippen molar-refractivity contribution in [3.05, 3.63) is 0 Å². The van der Waals surface area contributed by atoms with Gasteiger partial charge in [-0.25, -0.2) is 0 Å². The van der Waals surface area contributed by atoms with E-state index in [0.717, 1.165) is 12.2 Å². The lowest BCUT2D eigenvalue weighted by Gasteiger charge is -2.33. The van der Waals surface area contributed by atoms with Crippen LogP contribution >= 0.6 is 17.0 Å². The van der Waals surface area contributed by atoms with Crippen LogP contribution in [0, 0.1) is 12.3 Å². The minimum atomic E-state index is -1.82. The molecule has 5 heteroatoms. The van der Waals surface area contributed by atoms with Crippen molar-refractivity contribution in [2.24, 2.45) is 0 Å². The summed E-state index contributed by atoms with van der Waals surface area (Å²) in [6.07, 6.45) is 6.15. The molecule has 1 saturated heterocycles. The van der Waals surface area contributed by atoms with E-state index in [2.05, 4.69) is 5.92 Å². The van der Waals surface area contributed by atoms with Gasteiger partial charge >= 0.3 is 0 Å². The van der Waals surface area contributed by atoms with Crippen molar-refractivity contribution in [3.8, 4) is 12.3 Å². The summed E-state index contributed by atoms with van der Waals surface area (Å²) in [6.45, 7) is 0. The second-order valence-corrected chi connectivity index (χ2v) is 9.75. The molecular formula is C7H12NOPS2. The van der Waals surface area contributed by atoms with Crippen LogP contribution in [-0.4, -0.2) is 30.6 Å². The third-order valence-corrected chi connectivity index (χ3v) is 8.77. The molecule has 1 heterocycles. The second kappa shape index (κ2) is 4.13. The molecule has 12 heavy (non-hydrogen) atoms. The van der Waals surface area contributed by atoms with Crippen LogP contribution < -0.4 is 0 Å². The highest BCUT2D eigenvalue weighted by Crippen LogP contribution is 2.64. The maximum atomic E-state index is 5.66. The Morgan fingerprint density at radius 1 is 1.75 bits per heavy atom. The first-order valence-corrected chi connectivity index (χ1v) is 7.92. The molecule has 0 aromatic rings. The van der Waals surface area contributed by atoms with Gasteiger partial charge in [-0.05, 0) is 32.3 Å². The summed E-state index contributed by atoms with van der Waals surface area (Å²) in [7, 11) is 3.90.